The zero-order chi connectivity index (χ0) is 14.7. The number of benzene rings is 1. The molecule has 2 N–H and O–H groups in total. The van der Waals surface area contributed by atoms with E-state index in [4.69, 9.17) is 4.74 Å². The molecular formula is C16H18N2O2S. The van der Waals surface area contributed by atoms with E-state index in [9.17, 15) is 4.79 Å². The molecule has 0 saturated carbocycles. The molecule has 3 rings (SSSR count). The van der Waals surface area contributed by atoms with Crippen LogP contribution in [0.5, 0.6) is 0 Å². The topological polar surface area (TPSA) is 50.4 Å². The molecular weight excluding hydrogens is 284 g/mol. The summed E-state index contributed by atoms with van der Waals surface area (Å²) in [6, 6.07) is 11.9. The van der Waals surface area contributed by atoms with Crippen molar-refractivity contribution in [1.82, 2.24) is 5.32 Å². The Labute approximate surface area is 128 Å². The van der Waals surface area contributed by atoms with E-state index in [0.717, 1.165) is 17.8 Å². The molecule has 4 nitrogen and oxygen atoms in total. The lowest BCUT2D eigenvalue weighted by Gasteiger charge is -2.27. The molecule has 0 bridgehead atoms. The molecule has 0 spiro atoms. The van der Waals surface area contributed by atoms with Crippen molar-refractivity contribution < 1.29 is 9.53 Å². The number of carbonyl (C=O) groups excluding carboxylic acids is 1. The minimum absolute atomic E-state index is 0.190. The molecule has 0 atom stereocenters. The Balaban J connectivity index is 1.60. The van der Waals surface area contributed by atoms with Crippen LogP contribution < -0.4 is 10.6 Å². The summed E-state index contributed by atoms with van der Waals surface area (Å²) in [5.74, 6) is 0. The van der Waals surface area contributed by atoms with Crippen LogP contribution in [0.25, 0.3) is 0 Å². The summed E-state index contributed by atoms with van der Waals surface area (Å²) >= 11 is 1.50. The molecule has 1 heterocycles. The highest BCUT2D eigenvalue weighted by atomic mass is 32.1. The number of urea groups is 1. The zero-order valence-electron chi connectivity index (χ0n) is 11.9. The second-order valence-electron chi connectivity index (χ2n) is 5.29. The Bertz CT molecular complexity index is 600. The molecule has 110 valence electrons. The van der Waals surface area contributed by atoms with Crippen molar-refractivity contribution in [3.8, 4) is 0 Å². The molecule has 5 heteroatoms. The molecule has 0 aliphatic heterocycles. The van der Waals surface area contributed by atoms with Gasteiger partial charge in [-0.2, -0.15) is 0 Å². The lowest BCUT2D eigenvalue weighted by atomic mass is 10.0. The number of hydrogen-bond acceptors (Lipinski definition) is 3. The first-order valence-electron chi connectivity index (χ1n) is 6.91. The Kier molecular flexibility index (Phi) is 3.94. The third kappa shape index (κ3) is 3.09. The monoisotopic (exact) mass is 302 g/mol. The molecule has 0 fully saturated rings. The normalized spacial score (nSPS) is 15.5. The number of thiophene rings is 1. The minimum Gasteiger partial charge on any atom is -0.376 e. The van der Waals surface area contributed by atoms with E-state index in [-0.39, 0.29) is 11.6 Å². The molecule has 0 unspecified atom stereocenters. The fraction of sp³-hybridized carbons (Fsp3) is 0.312. The van der Waals surface area contributed by atoms with Crippen LogP contribution in [-0.2, 0) is 17.6 Å². The first kappa shape index (κ1) is 14.1. The van der Waals surface area contributed by atoms with Gasteiger partial charge in [0.05, 0.1) is 10.6 Å². The van der Waals surface area contributed by atoms with Crippen molar-refractivity contribution >= 4 is 22.4 Å². The van der Waals surface area contributed by atoms with Gasteiger partial charge in [-0.25, -0.2) is 4.79 Å². The van der Waals surface area contributed by atoms with Gasteiger partial charge in [0.1, 0.15) is 0 Å². The lowest BCUT2D eigenvalue weighted by molar-refractivity contribution is 0.00209. The van der Waals surface area contributed by atoms with Gasteiger partial charge in [0, 0.05) is 26.5 Å². The number of ether oxygens (including phenoxy) is 1. The maximum absolute atomic E-state index is 11.9. The van der Waals surface area contributed by atoms with E-state index < -0.39 is 0 Å². The molecule has 1 aliphatic carbocycles. The molecule has 2 amide bonds. The van der Waals surface area contributed by atoms with Gasteiger partial charge in [-0.1, -0.05) is 24.3 Å². The Hall–Kier alpha value is -1.85. The van der Waals surface area contributed by atoms with Gasteiger partial charge in [0.2, 0.25) is 0 Å². The van der Waals surface area contributed by atoms with Crippen LogP contribution in [-0.4, -0.2) is 25.3 Å². The van der Waals surface area contributed by atoms with Crippen molar-refractivity contribution in [1.29, 1.82) is 0 Å². The maximum atomic E-state index is 11.9. The van der Waals surface area contributed by atoms with Gasteiger partial charge in [0.25, 0.3) is 0 Å². The number of anilines is 1. The predicted octanol–water partition coefficient (Wildman–Crippen LogP) is 3.05. The van der Waals surface area contributed by atoms with Crippen molar-refractivity contribution in [2.45, 2.75) is 18.4 Å². The van der Waals surface area contributed by atoms with Gasteiger partial charge in [-0.3, -0.25) is 5.32 Å². The highest BCUT2D eigenvalue weighted by Crippen LogP contribution is 2.32. The Morgan fingerprint density at radius 1 is 1.24 bits per heavy atom. The van der Waals surface area contributed by atoms with E-state index in [2.05, 4.69) is 22.8 Å². The van der Waals surface area contributed by atoms with Gasteiger partial charge in [-0.15, -0.1) is 11.3 Å². The Morgan fingerprint density at radius 3 is 2.52 bits per heavy atom. The van der Waals surface area contributed by atoms with Gasteiger partial charge >= 0.3 is 6.03 Å². The SMILES string of the molecule is COC1(CNC(=O)Nc2cccs2)Cc2ccccc2C1. The zero-order valence-corrected chi connectivity index (χ0v) is 12.7. The molecule has 2 aromatic rings. The fourth-order valence-corrected chi connectivity index (χ4v) is 3.36. The van der Waals surface area contributed by atoms with Crippen molar-refractivity contribution in [2.24, 2.45) is 0 Å². The van der Waals surface area contributed by atoms with Crippen LogP contribution in [0.4, 0.5) is 9.80 Å². The van der Waals surface area contributed by atoms with Crippen LogP contribution >= 0.6 is 11.3 Å². The maximum Gasteiger partial charge on any atom is 0.319 e. The van der Waals surface area contributed by atoms with Crippen molar-refractivity contribution in [3.63, 3.8) is 0 Å². The summed E-state index contributed by atoms with van der Waals surface area (Å²) in [6.45, 7) is 0.495. The minimum atomic E-state index is -0.337. The standard InChI is InChI=1S/C16H18N2O2S/c1-20-16(9-12-5-2-3-6-13(12)10-16)11-17-15(19)18-14-7-4-8-21-14/h2-8H,9-11H2,1H3,(H2,17,18,19). The summed E-state index contributed by atoms with van der Waals surface area (Å²) in [6.07, 6.45) is 1.66. The number of amides is 2. The number of nitrogens with one attached hydrogen (secondary N) is 2. The molecule has 21 heavy (non-hydrogen) atoms. The summed E-state index contributed by atoms with van der Waals surface area (Å²) in [7, 11) is 1.71. The second-order valence-corrected chi connectivity index (χ2v) is 6.24. The molecule has 1 aromatic carbocycles. The highest BCUT2D eigenvalue weighted by molar-refractivity contribution is 7.14. The third-order valence-corrected chi connectivity index (χ3v) is 4.69. The molecule has 0 saturated heterocycles. The number of carbonyl (C=O) groups is 1. The number of fused-ring (bicyclic) bond motifs is 1. The van der Waals surface area contributed by atoms with Gasteiger partial charge < -0.3 is 10.1 Å². The van der Waals surface area contributed by atoms with Crippen molar-refractivity contribution in [2.75, 3.05) is 19.0 Å². The lowest BCUT2D eigenvalue weighted by Crippen LogP contribution is -2.46. The van der Waals surface area contributed by atoms with E-state index in [1.807, 2.05) is 29.6 Å². The first-order valence-corrected chi connectivity index (χ1v) is 7.79. The Morgan fingerprint density at radius 2 is 1.95 bits per heavy atom. The number of hydrogen-bond donors (Lipinski definition) is 2. The average molecular weight is 302 g/mol. The van der Waals surface area contributed by atoms with E-state index in [1.54, 1.807) is 7.11 Å². The van der Waals surface area contributed by atoms with E-state index >= 15 is 0 Å². The van der Waals surface area contributed by atoms with Crippen molar-refractivity contribution in [3.05, 3.63) is 52.9 Å². The second kappa shape index (κ2) is 5.87. The summed E-state index contributed by atoms with van der Waals surface area (Å²) in [5.41, 5.74) is 2.27. The number of methoxy groups -OCH3 is 1. The summed E-state index contributed by atoms with van der Waals surface area (Å²) in [5, 5.41) is 8.51. The van der Waals surface area contributed by atoms with Crippen LogP contribution in [0.1, 0.15) is 11.1 Å². The fourth-order valence-electron chi connectivity index (χ4n) is 2.75. The number of rotatable bonds is 4. The highest BCUT2D eigenvalue weighted by Gasteiger charge is 2.37. The van der Waals surface area contributed by atoms with Crippen LogP contribution in [0, 0.1) is 0 Å². The summed E-state index contributed by atoms with van der Waals surface area (Å²) < 4.78 is 5.73. The molecule has 1 aliphatic rings. The van der Waals surface area contributed by atoms with E-state index in [1.165, 1.54) is 22.5 Å². The quantitative estimate of drug-likeness (QED) is 0.912. The largest absolute Gasteiger partial charge is 0.376 e. The summed E-state index contributed by atoms with van der Waals surface area (Å²) in [4.78, 5) is 11.9. The smallest absolute Gasteiger partial charge is 0.319 e. The van der Waals surface area contributed by atoms with Crippen LogP contribution in [0.15, 0.2) is 41.8 Å². The third-order valence-electron chi connectivity index (χ3n) is 3.91. The van der Waals surface area contributed by atoms with Gasteiger partial charge in [-0.05, 0) is 28.6 Å². The van der Waals surface area contributed by atoms with Crippen LogP contribution in [0.3, 0.4) is 0 Å². The molecule has 0 radical (unpaired) electrons. The van der Waals surface area contributed by atoms with E-state index in [0.29, 0.717) is 6.54 Å². The van der Waals surface area contributed by atoms with Gasteiger partial charge in [0.15, 0.2) is 0 Å². The average Bonchev–Trinajstić information content (AvgIpc) is 3.12. The molecule has 1 aromatic heterocycles. The first-order chi connectivity index (χ1) is 10.2. The van der Waals surface area contributed by atoms with Crippen LogP contribution in [0.2, 0.25) is 0 Å². The predicted molar refractivity (Wildman–Crippen MR) is 84.9 cm³/mol.